The molecule has 2 aliphatic rings. The summed E-state index contributed by atoms with van der Waals surface area (Å²) < 4.78 is 18.0. The minimum absolute atomic E-state index is 0.0346. The lowest BCUT2D eigenvalue weighted by Gasteiger charge is -2.43. The molecule has 2 unspecified atom stereocenters. The van der Waals surface area contributed by atoms with Gasteiger partial charge in [0, 0.05) is 82.8 Å². The van der Waals surface area contributed by atoms with Crippen LogP contribution in [0.25, 0.3) is 0 Å². The molecule has 97 heavy (non-hydrogen) atoms. The molecule has 3 aromatic rings. The van der Waals surface area contributed by atoms with Crippen molar-refractivity contribution in [3.05, 3.63) is 94.5 Å². The fraction of sp³-hybridized carbons (Fsp3) is 0.600. The maximum atomic E-state index is 14.7. The zero-order valence-corrected chi connectivity index (χ0v) is 59.4. The number of ether oxygens (including phenoxy) is 3. The van der Waals surface area contributed by atoms with Crippen molar-refractivity contribution in [3.63, 3.8) is 0 Å². The van der Waals surface area contributed by atoms with Crippen LogP contribution >= 0.6 is 11.3 Å². The molecule has 26 nitrogen and oxygen atoms in total. The number of benzene rings is 2. The second-order valence-electron chi connectivity index (χ2n) is 26.3. The van der Waals surface area contributed by atoms with Gasteiger partial charge < -0.3 is 51.4 Å². The van der Waals surface area contributed by atoms with Crippen molar-refractivity contribution in [2.24, 2.45) is 35.3 Å². The van der Waals surface area contributed by atoms with Gasteiger partial charge in [0.1, 0.15) is 29.7 Å². The number of unbranched alkanes of at least 4 members (excludes halogenated alkanes) is 2. The second-order valence-corrected chi connectivity index (χ2v) is 27.2. The van der Waals surface area contributed by atoms with E-state index in [4.69, 9.17) is 19.9 Å². The molecule has 5 rings (SSSR count). The number of likely N-dealkylation sites (N-methyl/N-ethyl adjacent to an activating group) is 2. The molecule has 0 bridgehead atoms. The van der Waals surface area contributed by atoms with Gasteiger partial charge in [-0.15, -0.1) is 11.3 Å². The van der Waals surface area contributed by atoms with Crippen molar-refractivity contribution >= 4 is 82.3 Å². The molecule has 0 saturated carbocycles. The number of primary amides is 1. The third kappa shape index (κ3) is 23.5. The van der Waals surface area contributed by atoms with Crippen LogP contribution in [0.5, 0.6) is 0 Å². The predicted octanol–water partition coefficient (Wildman–Crippen LogP) is 6.40. The van der Waals surface area contributed by atoms with E-state index in [9.17, 15) is 52.7 Å². The minimum atomic E-state index is -1.15. The molecule has 3 heterocycles. The first-order chi connectivity index (χ1) is 46.1. The van der Waals surface area contributed by atoms with Crippen LogP contribution in [-0.2, 0) is 70.4 Å². The Morgan fingerprint density at radius 2 is 1.40 bits per heavy atom. The Labute approximate surface area is 575 Å². The smallest absolute Gasteiger partial charge is 0.410 e. The summed E-state index contributed by atoms with van der Waals surface area (Å²) in [6.07, 6.45) is 6.42. The van der Waals surface area contributed by atoms with E-state index in [0.717, 1.165) is 20.4 Å². The SMILES string of the molecule is CC[C@H](C)C([C@@H](CC(=O)N1CCC[C@H]1C(OC)[C@@H](C)C(=O)N[C@H](Cc1ccccc1)c1nccs1)OC)N(C)[C@H](C(=O)NC(=O)[C@H](C(C)C)N(C)C(=O)OCc1ccc(NC(=O)[C@H](CCCNC(N)=O)NC(=O)[C@@H](NC(=O)CCCCCN2C(=O)C=CC2=O)C(C)C)cc1)C(C)C. The number of rotatable bonds is 39. The number of hydrogen-bond donors (Lipinski definition) is 7. The number of aromatic nitrogens is 1. The van der Waals surface area contributed by atoms with Gasteiger partial charge in [0.05, 0.1) is 42.7 Å². The van der Waals surface area contributed by atoms with Gasteiger partial charge in [-0.05, 0) is 98.9 Å². The number of thiazole rings is 1. The topological polar surface area (TPSA) is 340 Å². The van der Waals surface area contributed by atoms with Gasteiger partial charge in [-0.1, -0.05) is 118 Å². The van der Waals surface area contributed by atoms with Crippen molar-refractivity contribution in [1.82, 2.24) is 51.2 Å². The average Bonchev–Trinajstić information content (AvgIpc) is 1.50. The summed E-state index contributed by atoms with van der Waals surface area (Å²) in [6.45, 7) is 17.2. The Kier molecular flexibility index (Phi) is 32.2. The summed E-state index contributed by atoms with van der Waals surface area (Å²) in [4.78, 5) is 158. The standard InChI is InChI=1S/C70H104N12O14S/c1-14-45(8)61(53(94-12)40-57(86)81-37-22-26-52(81)62(95-13)46(9)63(87)76-51(68-72-35-38-97-68)39-47-23-17-15-18-24-47)79(10)59(43(4)5)66(90)78-67(91)60(44(6)7)80(11)70(93)96-41-48-28-30-49(31-29-48)74-64(88)50(25-21-34-73-69(71)92)75-65(89)58(42(2)3)77-54(83)27-19-16-20-36-82-55(84)32-33-56(82)85/h15,17-18,23-24,28-33,35,38,42-46,50-53,58-62H,14,16,19-22,25-27,34,36-37,39-41H2,1-13H3,(H,74,88)(H,75,89)(H,76,87)(H,77,83)(H3,71,73,92)(H,78,90,91)/t45-,46+,50-,51+,52-,53+,58-,59-,60-,61?,62?/m0/s1. The van der Waals surface area contributed by atoms with Gasteiger partial charge in [0.15, 0.2) is 0 Å². The van der Waals surface area contributed by atoms with Crippen LogP contribution < -0.4 is 37.6 Å². The van der Waals surface area contributed by atoms with Crippen LogP contribution in [0.4, 0.5) is 15.3 Å². The number of nitrogens with one attached hydrogen (secondary N) is 6. The van der Waals surface area contributed by atoms with E-state index in [0.29, 0.717) is 62.7 Å². The number of hydrogen-bond acceptors (Lipinski definition) is 17. The monoisotopic (exact) mass is 1370 g/mol. The third-order valence-corrected chi connectivity index (χ3v) is 19.0. The highest BCUT2D eigenvalue weighted by molar-refractivity contribution is 7.09. The van der Waals surface area contributed by atoms with E-state index in [-0.39, 0.29) is 98.7 Å². The molecule has 11 atom stereocenters. The summed E-state index contributed by atoms with van der Waals surface area (Å²) in [7, 11) is 6.31. The Hall–Kier alpha value is -8.14. The number of nitrogens with two attached hydrogens (primary N) is 1. The number of urea groups is 1. The highest BCUT2D eigenvalue weighted by Gasteiger charge is 2.44. The molecule has 1 fully saturated rings. The highest BCUT2D eigenvalue weighted by atomic mass is 32.1. The Balaban J connectivity index is 1.18. The average molecular weight is 1370 g/mol. The normalized spacial score (nSPS) is 17.0. The number of methoxy groups -OCH3 is 2. The lowest BCUT2D eigenvalue weighted by molar-refractivity contribution is -0.144. The molecule has 0 spiro atoms. The van der Waals surface area contributed by atoms with Gasteiger partial charge in [0.25, 0.3) is 11.8 Å². The van der Waals surface area contributed by atoms with E-state index >= 15 is 0 Å². The molecular weight excluding hydrogens is 1260 g/mol. The van der Waals surface area contributed by atoms with Gasteiger partial charge in [-0.2, -0.15) is 0 Å². The number of anilines is 1. The predicted molar refractivity (Wildman–Crippen MR) is 368 cm³/mol. The molecule has 2 aliphatic heterocycles. The highest BCUT2D eigenvalue weighted by Crippen LogP contribution is 2.32. The fourth-order valence-corrected chi connectivity index (χ4v) is 13.5. The molecule has 12 amide bonds. The lowest BCUT2D eigenvalue weighted by Crippen LogP contribution is -2.60. The molecule has 27 heteroatoms. The molecule has 2 aromatic carbocycles. The van der Waals surface area contributed by atoms with Crippen molar-refractivity contribution in [2.45, 2.75) is 194 Å². The Morgan fingerprint density at radius 3 is 1.99 bits per heavy atom. The van der Waals surface area contributed by atoms with E-state index in [1.54, 1.807) is 84.3 Å². The summed E-state index contributed by atoms with van der Waals surface area (Å²) in [5, 5.41) is 19.3. The van der Waals surface area contributed by atoms with Crippen LogP contribution in [0.1, 0.15) is 149 Å². The second kappa shape index (κ2) is 39.3. The fourth-order valence-electron chi connectivity index (χ4n) is 12.8. The lowest BCUT2D eigenvalue weighted by atomic mass is 9.87. The molecular formula is C70H104N12O14S. The van der Waals surface area contributed by atoms with Gasteiger partial charge in [0.2, 0.25) is 41.4 Å². The molecule has 1 aromatic heterocycles. The minimum Gasteiger partial charge on any atom is -0.445 e. The van der Waals surface area contributed by atoms with Gasteiger partial charge in [-0.3, -0.25) is 63.2 Å². The van der Waals surface area contributed by atoms with Crippen molar-refractivity contribution in [2.75, 3.05) is 53.3 Å². The number of imide groups is 2. The number of nitrogens with zero attached hydrogens (tertiary/aromatic N) is 5. The van der Waals surface area contributed by atoms with Gasteiger partial charge in [-0.25, -0.2) is 14.6 Å². The molecule has 534 valence electrons. The van der Waals surface area contributed by atoms with Crippen LogP contribution in [0.3, 0.4) is 0 Å². The number of carbonyl (C=O) groups is 11. The largest absolute Gasteiger partial charge is 0.445 e. The molecule has 0 radical (unpaired) electrons. The Morgan fingerprint density at radius 1 is 0.742 bits per heavy atom. The first-order valence-electron chi connectivity index (χ1n) is 33.7. The van der Waals surface area contributed by atoms with E-state index < -0.39 is 96.0 Å². The summed E-state index contributed by atoms with van der Waals surface area (Å²) >= 11 is 1.47. The van der Waals surface area contributed by atoms with Crippen LogP contribution in [0.2, 0.25) is 0 Å². The summed E-state index contributed by atoms with van der Waals surface area (Å²) in [5.41, 5.74) is 7.15. The molecule has 8 N–H and O–H groups in total. The van der Waals surface area contributed by atoms with Crippen LogP contribution in [0, 0.1) is 29.6 Å². The first-order valence-corrected chi connectivity index (χ1v) is 34.6. The maximum absolute atomic E-state index is 14.7. The number of carbonyl (C=O) groups excluding carboxylic acids is 11. The Bertz CT molecular complexity index is 3120. The molecule has 1 saturated heterocycles. The summed E-state index contributed by atoms with van der Waals surface area (Å²) in [5.74, 6) is -5.98. The quantitative estimate of drug-likeness (QED) is 0.0240. The van der Waals surface area contributed by atoms with E-state index in [1.165, 1.54) is 30.5 Å². The van der Waals surface area contributed by atoms with Crippen molar-refractivity contribution in [1.29, 1.82) is 0 Å². The number of amides is 12. The van der Waals surface area contributed by atoms with E-state index in [1.807, 2.05) is 75.2 Å². The third-order valence-electron chi connectivity index (χ3n) is 18.1. The van der Waals surface area contributed by atoms with Gasteiger partial charge >= 0.3 is 12.1 Å². The van der Waals surface area contributed by atoms with Crippen molar-refractivity contribution < 1.29 is 67.0 Å². The summed E-state index contributed by atoms with van der Waals surface area (Å²) in [6, 6.07) is 10.1. The number of likely N-dealkylation sites (tertiary alicyclic amines) is 1. The molecule has 0 aliphatic carbocycles. The maximum Gasteiger partial charge on any atom is 0.410 e. The zero-order chi connectivity index (χ0) is 71.6. The zero-order valence-electron chi connectivity index (χ0n) is 58.6. The van der Waals surface area contributed by atoms with E-state index in [2.05, 4.69) is 36.9 Å². The van der Waals surface area contributed by atoms with Crippen LogP contribution in [0.15, 0.2) is 78.3 Å². The van der Waals surface area contributed by atoms with Crippen molar-refractivity contribution in [3.8, 4) is 0 Å². The van der Waals surface area contributed by atoms with Crippen LogP contribution in [-0.4, -0.2) is 186 Å². The first kappa shape index (κ1) is 79.5.